The molecule has 0 amide bonds. The molecule has 0 N–H and O–H groups in total. The molecule has 126 valence electrons. The van der Waals surface area contributed by atoms with Crippen LogP contribution in [0.2, 0.25) is 0 Å². The Labute approximate surface area is 129 Å². The summed E-state index contributed by atoms with van der Waals surface area (Å²) >= 11 is 0. The Hall–Kier alpha value is -3.04. The topological polar surface area (TPSA) is 52.6 Å². The third kappa shape index (κ3) is 3.31. The van der Waals surface area contributed by atoms with Crippen LogP contribution < -0.4 is 9.47 Å². The predicted molar refractivity (Wildman–Crippen MR) is 63.9 cm³/mol. The normalized spacial score (nSPS) is 10.4. The lowest BCUT2D eigenvalue weighted by Gasteiger charge is -2.08. The first-order valence-corrected chi connectivity index (χ1v) is 5.93. The van der Waals surface area contributed by atoms with Crippen LogP contribution in [0.4, 0.5) is 26.3 Å². The third-order valence-electron chi connectivity index (χ3n) is 2.56. The molecule has 0 spiro atoms. The average molecular weight is 350 g/mol. The molecule has 0 atom stereocenters. The number of carbonyl (C=O) groups is 2. The lowest BCUT2D eigenvalue weighted by Crippen LogP contribution is -2.26. The summed E-state index contributed by atoms with van der Waals surface area (Å²) in [7, 11) is 0. The van der Waals surface area contributed by atoms with E-state index in [2.05, 4.69) is 9.47 Å². The van der Waals surface area contributed by atoms with Crippen molar-refractivity contribution in [2.75, 3.05) is 0 Å². The quantitative estimate of drug-likeness (QED) is 0.209. The van der Waals surface area contributed by atoms with Crippen LogP contribution in [-0.2, 0) is 9.59 Å². The van der Waals surface area contributed by atoms with Gasteiger partial charge in [0.1, 0.15) is 11.6 Å². The van der Waals surface area contributed by atoms with Crippen LogP contribution in [0.15, 0.2) is 24.3 Å². The molecule has 0 unspecified atom stereocenters. The lowest BCUT2D eigenvalue weighted by atomic mass is 10.2. The van der Waals surface area contributed by atoms with Gasteiger partial charge >= 0.3 is 11.9 Å². The summed E-state index contributed by atoms with van der Waals surface area (Å²) in [6.45, 7) is 0. The first kappa shape index (κ1) is 17.3. The van der Waals surface area contributed by atoms with E-state index in [9.17, 15) is 35.9 Å². The first-order chi connectivity index (χ1) is 11.2. The van der Waals surface area contributed by atoms with Gasteiger partial charge in [0.05, 0.1) is 0 Å². The summed E-state index contributed by atoms with van der Waals surface area (Å²) in [5.74, 6) is -18.9. The Morgan fingerprint density at radius 3 is 1.54 bits per heavy atom. The van der Waals surface area contributed by atoms with Gasteiger partial charge in [-0.2, -0.15) is 8.78 Å². The molecule has 0 bridgehead atoms. The van der Waals surface area contributed by atoms with Crippen molar-refractivity contribution in [2.24, 2.45) is 0 Å². The Balaban J connectivity index is 2.20. The molecule has 0 fully saturated rings. The number of ether oxygens (including phenoxy) is 2. The zero-order valence-corrected chi connectivity index (χ0v) is 11.2. The van der Waals surface area contributed by atoms with Crippen molar-refractivity contribution in [3.63, 3.8) is 0 Å². The molecule has 0 aromatic heterocycles. The minimum Gasteiger partial charge on any atom is -0.418 e. The highest BCUT2D eigenvalue weighted by atomic mass is 19.2. The van der Waals surface area contributed by atoms with Gasteiger partial charge in [-0.05, 0) is 24.3 Å². The van der Waals surface area contributed by atoms with E-state index < -0.39 is 52.6 Å². The molecule has 10 heteroatoms. The Morgan fingerprint density at radius 2 is 1.04 bits per heavy atom. The van der Waals surface area contributed by atoms with Crippen LogP contribution in [0.1, 0.15) is 0 Å². The van der Waals surface area contributed by atoms with Crippen molar-refractivity contribution in [1.82, 2.24) is 0 Å². The summed E-state index contributed by atoms with van der Waals surface area (Å²) in [6, 6.07) is 3.63. The Bertz CT molecular complexity index is 790. The summed E-state index contributed by atoms with van der Waals surface area (Å²) in [4.78, 5) is 22.7. The van der Waals surface area contributed by atoms with E-state index in [1.54, 1.807) is 0 Å². The fourth-order valence-corrected chi connectivity index (χ4v) is 1.46. The van der Waals surface area contributed by atoms with Crippen molar-refractivity contribution < 1.29 is 45.4 Å². The van der Waals surface area contributed by atoms with Crippen molar-refractivity contribution in [3.05, 3.63) is 59.2 Å². The van der Waals surface area contributed by atoms with E-state index in [4.69, 9.17) is 0 Å². The molecule has 0 aliphatic carbocycles. The van der Waals surface area contributed by atoms with Crippen LogP contribution in [0.3, 0.4) is 0 Å². The molecule has 0 aliphatic rings. The minimum absolute atomic E-state index is 0.323. The number of hydrogen-bond acceptors (Lipinski definition) is 4. The molecule has 0 heterocycles. The standard InChI is InChI=1S/C14H4F6O4/c15-5-1-3-6(4-2-5)23-13(21)14(22)24-12-10(19)8(17)7(16)9(18)11(12)20/h1-4H. The van der Waals surface area contributed by atoms with E-state index in [0.717, 1.165) is 24.3 Å². The number of benzene rings is 2. The SMILES string of the molecule is O=C(Oc1ccc(F)cc1)C(=O)Oc1c(F)c(F)c(F)c(F)c1F. The van der Waals surface area contributed by atoms with Gasteiger partial charge in [0.15, 0.2) is 0 Å². The highest BCUT2D eigenvalue weighted by Crippen LogP contribution is 2.29. The number of rotatable bonds is 2. The molecule has 24 heavy (non-hydrogen) atoms. The first-order valence-electron chi connectivity index (χ1n) is 5.93. The zero-order chi connectivity index (χ0) is 18.0. The van der Waals surface area contributed by atoms with Crippen LogP contribution >= 0.6 is 0 Å². The van der Waals surface area contributed by atoms with Crippen LogP contribution in [-0.4, -0.2) is 11.9 Å². The highest BCUT2D eigenvalue weighted by molar-refractivity contribution is 6.31. The molecule has 4 nitrogen and oxygen atoms in total. The maximum atomic E-state index is 13.3. The molecule has 2 aromatic carbocycles. The van der Waals surface area contributed by atoms with Crippen molar-refractivity contribution in [1.29, 1.82) is 0 Å². The number of carbonyl (C=O) groups excluding carboxylic acids is 2. The van der Waals surface area contributed by atoms with Gasteiger partial charge in [-0.1, -0.05) is 0 Å². The largest absolute Gasteiger partial charge is 0.423 e. The minimum atomic E-state index is -2.46. The molecule has 0 aliphatic heterocycles. The van der Waals surface area contributed by atoms with Crippen LogP contribution in [0.5, 0.6) is 11.5 Å². The van der Waals surface area contributed by atoms with Gasteiger partial charge in [0.2, 0.25) is 34.8 Å². The predicted octanol–water partition coefficient (Wildman–Crippen LogP) is 3.03. The molecular formula is C14H4F6O4. The highest BCUT2D eigenvalue weighted by Gasteiger charge is 2.30. The van der Waals surface area contributed by atoms with E-state index in [1.807, 2.05) is 0 Å². The maximum Gasteiger partial charge on any atom is 0.423 e. The lowest BCUT2D eigenvalue weighted by molar-refractivity contribution is -0.156. The van der Waals surface area contributed by atoms with Crippen LogP contribution in [0.25, 0.3) is 0 Å². The fourth-order valence-electron chi connectivity index (χ4n) is 1.46. The second-order valence-electron chi connectivity index (χ2n) is 4.13. The second kappa shape index (κ2) is 6.60. The van der Waals surface area contributed by atoms with Crippen LogP contribution in [0, 0.1) is 34.9 Å². The molecular weight excluding hydrogens is 346 g/mol. The Kier molecular flexibility index (Phi) is 4.77. The van der Waals surface area contributed by atoms with Crippen molar-refractivity contribution in [3.8, 4) is 11.5 Å². The van der Waals surface area contributed by atoms with Crippen molar-refractivity contribution in [2.45, 2.75) is 0 Å². The summed E-state index contributed by atoms with van der Waals surface area (Å²) in [5.41, 5.74) is 0. The smallest absolute Gasteiger partial charge is 0.418 e. The van der Waals surface area contributed by atoms with E-state index in [0.29, 0.717) is 0 Å². The fraction of sp³-hybridized carbons (Fsp3) is 0. The van der Waals surface area contributed by atoms with E-state index >= 15 is 0 Å². The summed E-state index contributed by atoms with van der Waals surface area (Å²) in [6.07, 6.45) is 0. The van der Waals surface area contributed by atoms with E-state index in [-0.39, 0.29) is 5.75 Å². The van der Waals surface area contributed by atoms with Crippen molar-refractivity contribution >= 4 is 11.9 Å². The van der Waals surface area contributed by atoms with Gasteiger partial charge in [0, 0.05) is 0 Å². The van der Waals surface area contributed by atoms with E-state index in [1.165, 1.54) is 0 Å². The summed E-state index contributed by atoms with van der Waals surface area (Å²) in [5, 5.41) is 0. The third-order valence-corrected chi connectivity index (χ3v) is 2.56. The Morgan fingerprint density at radius 1 is 0.625 bits per heavy atom. The van der Waals surface area contributed by atoms with Gasteiger partial charge in [-0.25, -0.2) is 27.2 Å². The molecule has 0 saturated carbocycles. The molecule has 2 rings (SSSR count). The number of esters is 2. The molecule has 0 saturated heterocycles. The number of hydrogen-bond donors (Lipinski definition) is 0. The van der Waals surface area contributed by atoms with Gasteiger partial charge in [0.25, 0.3) is 0 Å². The molecule has 0 radical (unpaired) electrons. The monoisotopic (exact) mass is 350 g/mol. The molecule has 2 aromatic rings. The van der Waals surface area contributed by atoms with Gasteiger partial charge in [-0.15, -0.1) is 0 Å². The number of halogens is 6. The van der Waals surface area contributed by atoms with Gasteiger partial charge < -0.3 is 9.47 Å². The zero-order valence-electron chi connectivity index (χ0n) is 11.2. The summed E-state index contributed by atoms with van der Waals surface area (Å²) < 4.78 is 86.2. The average Bonchev–Trinajstić information content (AvgIpc) is 2.57. The van der Waals surface area contributed by atoms with Gasteiger partial charge in [-0.3, -0.25) is 0 Å². The maximum absolute atomic E-state index is 13.3. The second-order valence-corrected chi connectivity index (χ2v) is 4.13.